The van der Waals surface area contributed by atoms with Crippen LogP contribution in [0.1, 0.15) is 11.1 Å². The first-order valence-electron chi connectivity index (χ1n) is 5.92. The summed E-state index contributed by atoms with van der Waals surface area (Å²) in [7, 11) is 0. The number of hydrogen-bond acceptors (Lipinski definition) is 2. The van der Waals surface area contributed by atoms with Crippen LogP contribution in [0.5, 0.6) is 0 Å². The Morgan fingerprint density at radius 1 is 1.25 bits per heavy atom. The van der Waals surface area contributed by atoms with E-state index < -0.39 is 0 Å². The topological polar surface area (TPSA) is 42.0 Å². The molecule has 0 spiro atoms. The highest BCUT2D eigenvalue weighted by molar-refractivity contribution is 6.37. The Hall–Kier alpha value is -1.84. The van der Waals surface area contributed by atoms with Gasteiger partial charge in [-0.3, -0.25) is 4.79 Å². The standard InChI is InChI=1S/C15H12Cl2N2O/c1-10-7-8-18-14(9-10)19-15(20)6-5-11-12(16)3-2-4-13(11)17/h2-9H,1H3,(H,18,19,20). The van der Waals surface area contributed by atoms with Gasteiger partial charge in [0.1, 0.15) is 5.82 Å². The molecule has 5 heteroatoms. The molecule has 0 fully saturated rings. The van der Waals surface area contributed by atoms with Crippen LogP contribution in [-0.2, 0) is 4.79 Å². The number of nitrogens with zero attached hydrogens (tertiary/aromatic N) is 1. The molecule has 102 valence electrons. The number of hydrogen-bond donors (Lipinski definition) is 1. The van der Waals surface area contributed by atoms with E-state index in [4.69, 9.17) is 23.2 Å². The number of aryl methyl sites for hydroxylation is 1. The fraction of sp³-hybridized carbons (Fsp3) is 0.0667. The van der Waals surface area contributed by atoms with Gasteiger partial charge in [-0.2, -0.15) is 0 Å². The van der Waals surface area contributed by atoms with Crippen LogP contribution in [0.3, 0.4) is 0 Å². The smallest absolute Gasteiger partial charge is 0.249 e. The Morgan fingerprint density at radius 3 is 2.60 bits per heavy atom. The molecule has 0 bridgehead atoms. The van der Waals surface area contributed by atoms with Crippen molar-refractivity contribution in [3.05, 3.63) is 63.8 Å². The van der Waals surface area contributed by atoms with Crippen molar-refractivity contribution in [1.29, 1.82) is 0 Å². The number of pyridine rings is 1. The first-order valence-corrected chi connectivity index (χ1v) is 6.67. The van der Waals surface area contributed by atoms with E-state index >= 15 is 0 Å². The van der Waals surface area contributed by atoms with Gasteiger partial charge in [0.05, 0.1) is 0 Å². The second-order valence-electron chi connectivity index (χ2n) is 4.18. The molecule has 1 aromatic carbocycles. The van der Waals surface area contributed by atoms with E-state index in [9.17, 15) is 4.79 Å². The molecule has 2 aromatic rings. The van der Waals surface area contributed by atoms with Crippen molar-refractivity contribution in [2.24, 2.45) is 0 Å². The summed E-state index contributed by atoms with van der Waals surface area (Å²) in [5.41, 5.74) is 1.64. The zero-order valence-corrected chi connectivity index (χ0v) is 12.2. The van der Waals surface area contributed by atoms with Crippen LogP contribution in [0.4, 0.5) is 5.82 Å². The molecule has 3 nitrogen and oxygen atoms in total. The predicted molar refractivity (Wildman–Crippen MR) is 83.1 cm³/mol. The predicted octanol–water partition coefficient (Wildman–Crippen LogP) is 4.35. The minimum atomic E-state index is -0.293. The number of anilines is 1. The summed E-state index contributed by atoms with van der Waals surface area (Å²) in [6.45, 7) is 1.93. The van der Waals surface area contributed by atoms with Gasteiger partial charge in [-0.1, -0.05) is 29.3 Å². The van der Waals surface area contributed by atoms with E-state index in [1.807, 2.05) is 13.0 Å². The van der Waals surface area contributed by atoms with Crippen molar-refractivity contribution in [3.63, 3.8) is 0 Å². The fourth-order valence-electron chi connectivity index (χ4n) is 1.60. The van der Waals surface area contributed by atoms with Gasteiger partial charge in [0.2, 0.25) is 5.91 Å². The van der Waals surface area contributed by atoms with Crippen molar-refractivity contribution in [2.75, 3.05) is 5.32 Å². The van der Waals surface area contributed by atoms with E-state index in [0.29, 0.717) is 21.4 Å². The highest BCUT2D eigenvalue weighted by atomic mass is 35.5. The molecule has 0 saturated carbocycles. The van der Waals surface area contributed by atoms with E-state index in [1.54, 1.807) is 36.5 Å². The average Bonchev–Trinajstić information content (AvgIpc) is 2.38. The maximum absolute atomic E-state index is 11.8. The van der Waals surface area contributed by atoms with Crippen LogP contribution in [0.2, 0.25) is 10.0 Å². The van der Waals surface area contributed by atoms with E-state index in [-0.39, 0.29) is 5.91 Å². The van der Waals surface area contributed by atoms with Gasteiger partial charge < -0.3 is 5.32 Å². The number of rotatable bonds is 3. The molecule has 0 aliphatic rings. The normalized spacial score (nSPS) is 10.8. The van der Waals surface area contributed by atoms with Gasteiger partial charge in [0.25, 0.3) is 0 Å². The lowest BCUT2D eigenvalue weighted by Gasteiger charge is -2.03. The minimum Gasteiger partial charge on any atom is -0.307 e. The maximum atomic E-state index is 11.8. The SMILES string of the molecule is Cc1ccnc(NC(=O)C=Cc2c(Cl)cccc2Cl)c1. The summed E-state index contributed by atoms with van der Waals surface area (Å²) in [5.74, 6) is 0.212. The molecular weight excluding hydrogens is 295 g/mol. The third-order valence-corrected chi connectivity index (χ3v) is 3.23. The highest BCUT2D eigenvalue weighted by Crippen LogP contribution is 2.25. The van der Waals surface area contributed by atoms with Gasteiger partial charge in [-0.25, -0.2) is 4.98 Å². The van der Waals surface area contributed by atoms with E-state index in [2.05, 4.69) is 10.3 Å². The Balaban J connectivity index is 2.10. The lowest BCUT2D eigenvalue weighted by molar-refractivity contribution is -0.111. The molecule has 0 unspecified atom stereocenters. The van der Waals surface area contributed by atoms with Crippen LogP contribution >= 0.6 is 23.2 Å². The summed E-state index contributed by atoms with van der Waals surface area (Å²) >= 11 is 12.0. The first kappa shape index (κ1) is 14.6. The molecule has 1 aromatic heterocycles. The molecule has 2 rings (SSSR count). The number of carbonyl (C=O) groups is 1. The van der Waals surface area contributed by atoms with E-state index in [0.717, 1.165) is 5.56 Å². The first-order chi connectivity index (χ1) is 9.56. The Morgan fingerprint density at radius 2 is 1.95 bits per heavy atom. The zero-order chi connectivity index (χ0) is 14.5. The maximum Gasteiger partial charge on any atom is 0.249 e. The summed E-state index contributed by atoms with van der Waals surface area (Å²) < 4.78 is 0. The van der Waals surface area contributed by atoms with Crippen LogP contribution in [0.25, 0.3) is 6.08 Å². The van der Waals surface area contributed by atoms with Gasteiger partial charge >= 0.3 is 0 Å². The fourth-order valence-corrected chi connectivity index (χ4v) is 2.12. The minimum absolute atomic E-state index is 0.293. The number of benzene rings is 1. The van der Waals surface area contributed by atoms with Crippen LogP contribution in [0, 0.1) is 6.92 Å². The van der Waals surface area contributed by atoms with Crippen LogP contribution < -0.4 is 5.32 Å². The third-order valence-electron chi connectivity index (χ3n) is 2.57. The average molecular weight is 307 g/mol. The second kappa shape index (κ2) is 6.55. The molecule has 0 radical (unpaired) electrons. The molecule has 20 heavy (non-hydrogen) atoms. The number of nitrogens with one attached hydrogen (secondary N) is 1. The van der Waals surface area contributed by atoms with Crippen molar-refractivity contribution in [1.82, 2.24) is 4.98 Å². The van der Waals surface area contributed by atoms with Crippen molar-refractivity contribution >= 4 is 41.0 Å². The highest BCUT2D eigenvalue weighted by Gasteiger charge is 2.03. The number of halogens is 2. The molecule has 0 atom stereocenters. The summed E-state index contributed by atoms with van der Waals surface area (Å²) in [6.07, 6.45) is 4.59. The van der Waals surface area contributed by atoms with Gasteiger partial charge in [-0.15, -0.1) is 0 Å². The second-order valence-corrected chi connectivity index (χ2v) is 4.99. The molecule has 0 aliphatic heterocycles. The summed E-state index contributed by atoms with van der Waals surface area (Å²) in [4.78, 5) is 15.8. The zero-order valence-electron chi connectivity index (χ0n) is 10.7. The quantitative estimate of drug-likeness (QED) is 0.857. The van der Waals surface area contributed by atoms with Crippen molar-refractivity contribution < 1.29 is 4.79 Å². The largest absolute Gasteiger partial charge is 0.307 e. The summed E-state index contributed by atoms with van der Waals surface area (Å²) in [5, 5.41) is 3.66. The Bertz CT molecular complexity index is 648. The lowest BCUT2D eigenvalue weighted by Crippen LogP contribution is -2.09. The lowest BCUT2D eigenvalue weighted by atomic mass is 10.2. The van der Waals surface area contributed by atoms with Gasteiger partial charge in [0, 0.05) is 27.9 Å². The van der Waals surface area contributed by atoms with Gasteiger partial charge in [0.15, 0.2) is 0 Å². The summed E-state index contributed by atoms with van der Waals surface area (Å²) in [6, 6.07) is 8.82. The van der Waals surface area contributed by atoms with Crippen molar-refractivity contribution in [2.45, 2.75) is 6.92 Å². The molecule has 1 N–H and O–H groups in total. The molecule has 0 aliphatic carbocycles. The number of carbonyl (C=O) groups excluding carboxylic acids is 1. The Labute approximate surface area is 127 Å². The Kier molecular flexibility index (Phi) is 4.77. The van der Waals surface area contributed by atoms with Crippen molar-refractivity contribution in [3.8, 4) is 0 Å². The molecule has 0 saturated heterocycles. The monoisotopic (exact) mass is 306 g/mol. The molecule has 1 amide bonds. The molecular formula is C15H12Cl2N2O. The molecule has 1 heterocycles. The van der Waals surface area contributed by atoms with Crippen LogP contribution in [-0.4, -0.2) is 10.9 Å². The third kappa shape index (κ3) is 3.83. The number of amides is 1. The number of aromatic nitrogens is 1. The van der Waals surface area contributed by atoms with E-state index in [1.165, 1.54) is 6.08 Å². The van der Waals surface area contributed by atoms with Crippen LogP contribution in [0.15, 0.2) is 42.6 Å². The van der Waals surface area contributed by atoms with Gasteiger partial charge in [-0.05, 0) is 42.8 Å².